The zero-order valence-electron chi connectivity index (χ0n) is 11.7. The molecule has 4 nitrogen and oxygen atoms in total. The molecule has 0 unspecified atom stereocenters. The number of amides is 1. The number of nitrogens with zero attached hydrogens (tertiary/aromatic N) is 1. The summed E-state index contributed by atoms with van der Waals surface area (Å²) in [4.78, 5) is 13.7. The Kier molecular flexibility index (Phi) is 5.00. The van der Waals surface area contributed by atoms with Crippen LogP contribution in [-0.4, -0.2) is 43.5 Å². The lowest BCUT2D eigenvalue weighted by molar-refractivity contribution is -0.119. The molecule has 1 aliphatic heterocycles. The largest absolute Gasteiger partial charge is 0.495 e. The molecule has 0 saturated carbocycles. The second kappa shape index (κ2) is 6.58. The van der Waals surface area contributed by atoms with Gasteiger partial charge in [0.15, 0.2) is 0 Å². The van der Waals surface area contributed by atoms with Crippen LogP contribution in [0, 0.1) is 0 Å². The van der Waals surface area contributed by atoms with E-state index in [4.69, 9.17) is 16.3 Å². The van der Waals surface area contributed by atoms with Gasteiger partial charge in [0.2, 0.25) is 5.91 Å². The van der Waals surface area contributed by atoms with E-state index in [0.717, 1.165) is 0 Å². The first-order valence-corrected chi connectivity index (χ1v) is 7.01. The highest BCUT2D eigenvalue weighted by molar-refractivity contribution is 6.31. The SMILES string of the molecule is COc1ccc(Cl)cc1NC(=O)CN1CCC(F)(F)CC1. The molecule has 0 aliphatic carbocycles. The number of alkyl halides is 2. The van der Waals surface area contributed by atoms with Crippen molar-refractivity contribution >= 4 is 23.2 Å². The first-order valence-electron chi connectivity index (χ1n) is 6.63. The second-order valence-electron chi connectivity index (χ2n) is 5.02. The number of likely N-dealkylation sites (tertiary alicyclic amines) is 1. The number of piperidine rings is 1. The second-order valence-corrected chi connectivity index (χ2v) is 5.46. The quantitative estimate of drug-likeness (QED) is 0.928. The Labute approximate surface area is 127 Å². The van der Waals surface area contributed by atoms with Crippen LogP contribution in [0.3, 0.4) is 0 Å². The normalized spacial score (nSPS) is 18.3. The number of halogens is 3. The molecule has 1 aromatic rings. The van der Waals surface area contributed by atoms with E-state index in [2.05, 4.69) is 5.32 Å². The number of rotatable bonds is 4. The molecule has 1 saturated heterocycles. The van der Waals surface area contributed by atoms with Gasteiger partial charge in [-0.1, -0.05) is 11.6 Å². The molecule has 1 aliphatic rings. The van der Waals surface area contributed by atoms with Gasteiger partial charge in [0.1, 0.15) is 5.75 Å². The number of methoxy groups -OCH3 is 1. The van der Waals surface area contributed by atoms with Crippen molar-refractivity contribution in [2.75, 3.05) is 32.1 Å². The molecule has 1 fully saturated rings. The number of hydrogen-bond acceptors (Lipinski definition) is 3. The minimum Gasteiger partial charge on any atom is -0.495 e. The van der Waals surface area contributed by atoms with Crippen molar-refractivity contribution < 1.29 is 18.3 Å². The summed E-state index contributed by atoms with van der Waals surface area (Å²) in [6.07, 6.45) is -0.415. The summed E-state index contributed by atoms with van der Waals surface area (Å²) in [7, 11) is 1.49. The molecule has 1 aromatic carbocycles. The predicted octanol–water partition coefficient (Wildman–Crippen LogP) is 3.02. The van der Waals surface area contributed by atoms with E-state index in [1.54, 1.807) is 23.1 Å². The Morgan fingerprint density at radius 3 is 2.71 bits per heavy atom. The maximum absolute atomic E-state index is 13.0. The van der Waals surface area contributed by atoms with Gasteiger partial charge >= 0.3 is 0 Å². The summed E-state index contributed by atoms with van der Waals surface area (Å²) < 4.78 is 31.2. The van der Waals surface area contributed by atoms with E-state index in [1.165, 1.54) is 7.11 Å². The highest BCUT2D eigenvalue weighted by atomic mass is 35.5. The van der Waals surface area contributed by atoms with Crippen LogP contribution in [0.15, 0.2) is 18.2 Å². The fourth-order valence-electron chi connectivity index (χ4n) is 2.21. The molecule has 21 heavy (non-hydrogen) atoms. The van der Waals surface area contributed by atoms with Gasteiger partial charge in [0.05, 0.1) is 19.3 Å². The van der Waals surface area contributed by atoms with E-state index < -0.39 is 5.92 Å². The first kappa shape index (κ1) is 16.0. The Bertz CT molecular complexity index is 516. The summed E-state index contributed by atoms with van der Waals surface area (Å²) in [5, 5.41) is 3.17. The molecular formula is C14H17ClF2N2O2. The fraction of sp³-hybridized carbons (Fsp3) is 0.500. The number of nitrogens with one attached hydrogen (secondary N) is 1. The van der Waals surface area contributed by atoms with Gasteiger partial charge in [-0.25, -0.2) is 8.78 Å². The summed E-state index contributed by atoms with van der Waals surface area (Å²) in [6, 6.07) is 4.89. The maximum Gasteiger partial charge on any atom is 0.250 e. The summed E-state index contributed by atoms with van der Waals surface area (Å²) in [6.45, 7) is 0.506. The Morgan fingerprint density at radius 1 is 1.43 bits per heavy atom. The molecular weight excluding hydrogens is 302 g/mol. The molecule has 2 rings (SSSR count). The molecule has 0 bridgehead atoms. The van der Waals surface area contributed by atoms with Crippen LogP contribution < -0.4 is 10.1 Å². The van der Waals surface area contributed by atoms with E-state index in [-0.39, 0.29) is 38.4 Å². The van der Waals surface area contributed by atoms with E-state index in [9.17, 15) is 13.6 Å². The van der Waals surface area contributed by atoms with Gasteiger partial charge in [-0.15, -0.1) is 0 Å². The lowest BCUT2D eigenvalue weighted by Crippen LogP contribution is -2.43. The Hall–Kier alpha value is -1.40. The molecule has 116 valence electrons. The number of carbonyl (C=O) groups excluding carboxylic acids is 1. The maximum atomic E-state index is 13.0. The molecule has 0 radical (unpaired) electrons. The third-order valence-corrected chi connectivity index (χ3v) is 3.63. The van der Waals surface area contributed by atoms with Crippen molar-refractivity contribution in [1.29, 1.82) is 0 Å². The van der Waals surface area contributed by atoms with Crippen LogP contribution in [-0.2, 0) is 4.79 Å². The molecule has 0 atom stereocenters. The van der Waals surface area contributed by atoms with E-state index in [0.29, 0.717) is 16.5 Å². The van der Waals surface area contributed by atoms with Crippen molar-refractivity contribution in [2.24, 2.45) is 0 Å². The van der Waals surface area contributed by atoms with Crippen molar-refractivity contribution in [3.8, 4) is 5.75 Å². The van der Waals surface area contributed by atoms with Crippen LogP contribution in [0.5, 0.6) is 5.75 Å². The minimum absolute atomic E-state index is 0.0751. The van der Waals surface area contributed by atoms with Crippen LogP contribution in [0.25, 0.3) is 0 Å². The van der Waals surface area contributed by atoms with E-state index in [1.807, 2.05) is 0 Å². The van der Waals surface area contributed by atoms with Crippen LogP contribution >= 0.6 is 11.6 Å². The average Bonchev–Trinajstić information content (AvgIpc) is 2.41. The fourth-order valence-corrected chi connectivity index (χ4v) is 2.38. The molecule has 0 spiro atoms. The van der Waals surface area contributed by atoms with Gasteiger partial charge in [0.25, 0.3) is 5.92 Å². The number of ether oxygens (including phenoxy) is 1. The molecule has 1 N–H and O–H groups in total. The Balaban J connectivity index is 1.92. The lowest BCUT2D eigenvalue weighted by atomic mass is 10.1. The minimum atomic E-state index is -2.61. The Morgan fingerprint density at radius 2 is 2.10 bits per heavy atom. The molecule has 0 aromatic heterocycles. The number of anilines is 1. The van der Waals surface area contributed by atoms with Crippen molar-refractivity contribution in [2.45, 2.75) is 18.8 Å². The van der Waals surface area contributed by atoms with E-state index >= 15 is 0 Å². The van der Waals surface area contributed by atoms with Crippen LogP contribution in [0.1, 0.15) is 12.8 Å². The van der Waals surface area contributed by atoms with Crippen molar-refractivity contribution in [3.63, 3.8) is 0 Å². The van der Waals surface area contributed by atoms with Gasteiger partial charge in [-0.05, 0) is 18.2 Å². The van der Waals surface area contributed by atoms with Gasteiger partial charge in [-0.3, -0.25) is 9.69 Å². The standard InChI is InChI=1S/C14H17ClF2N2O2/c1-21-12-3-2-10(15)8-11(12)18-13(20)9-19-6-4-14(16,17)5-7-19/h2-3,8H,4-7,9H2,1H3,(H,18,20). The zero-order chi connectivity index (χ0) is 15.5. The lowest BCUT2D eigenvalue weighted by Gasteiger charge is -2.31. The average molecular weight is 319 g/mol. The molecule has 1 heterocycles. The third-order valence-electron chi connectivity index (χ3n) is 3.39. The van der Waals surface area contributed by atoms with Gasteiger partial charge < -0.3 is 10.1 Å². The van der Waals surface area contributed by atoms with Crippen LogP contribution in [0.4, 0.5) is 14.5 Å². The number of hydrogen-bond donors (Lipinski definition) is 1. The monoisotopic (exact) mass is 318 g/mol. The predicted molar refractivity (Wildman–Crippen MR) is 77.3 cm³/mol. The highest BCUT2D eigenvalue weighted by Gasteiger charge is 2.34. The highest BCUT2D eigenvalue weighted by Crippen LogP contribution is 2.29. The van der Waals surface area contributed by atoms with Crippen molar-refractivity contribution in [1.82, 2.24) is 4.90 Å². The van der Waals surface area contributed by atoms with Crippen molar-refractivity contribution in [3.05, 3.63) is 23.2 Å². The summed E-state index contributed by atoms with van der Waals surface area (Å²) in [5.74, 6) is -2.39. The third kappa shape index (κ3) is 4.54. The summed E-state index contributed by atoms with van der Waals surface area (Å²) in [5.41, 5.74) is 0.470. The molecule has 7 heteroatoms. The topological polar surface area (TPSA) is 41.6 Å². The first-order chi connectivity index (χ1) is 9.89. The van der Waals surface area contributed by atoms with Crippen LogP contribution in [0.2, 0.25) is 5.02 Å². The number of carbonyl (C=O) groups is 1. The van der Waals surface area contributed by atoms with Gasteiger partial charge in [-0.2, -0.15) is 0 Å². The smallest absolute Gasteiger partial charge is 0.250 e. The number of benzene rings is 1. The summed E-state index contributed by atoms with van der Waals surface area (Å²) >= 11 is 5.88. The molecule has 1 amide bonds. The zero-order valence-corrected chi connectivity index (χ0v) is 12.4. The van der Waals surface area contributed by atoms with Gasteiger partial charge in [0, 0.05) is 31.0 Å².